The molecule has 3 N–H and O–H groups in total. The Balaban J connectivity index is 1.54. The summed E-state index contributed by atoms with van der Waals surface area (Å²) in [4.78, 5) is 26.0. The lowest BCUT2D eigenvalue weighted by molar-refractivity contribution is -0.111. The monoisotopic (exact) mass is 527 g/mol. The molecule has 1 aliphatic heterocycles. The Bertz CT molecular complexity index is 1650. The van der Waals surface area contributed by atoms with Crippen LogP contribution in [0.3, 0.4) is 0 Å². The van der Waals surface area contributed by atoms with E-state index < -0.39 is 23.5 Å². The van der Waals surface area contributed by atoms with Crippen LogP contribution in [-0.2, 0) is 4.79 Å². The molecule has 1 amide bonds. The van der Waals surface area contributed by atoms with E-state index in [9.17, 15) is 24.2 Å². The maximum absolute atomic E-state index is 15.0. The second-order valence-electron chi connectivity index (χ2n) is 9.33. The van der Waals surface area contributed by atoms with Crippen molar-refractivity contribution >= 4 is 34.7 Å². The van der Waals surface area contributed by atoms with Crippen molar-refractivity contribution in [2.24, 2.45) is 5.10 Å². The third kappa shape index (κ3) is 4.70. The minimum Gasteiger partial charge on any atom is -0.505 e. The van der Waals surface area contributed by atoms with Crippen LogP contribution in [0.25, 0.3) is 11.1 Å². The van der Waals surface area contributed by atoms with Crippen molar-refractivity contribution in [2.75, 3.05) is 10.3 Å². The largest absolute Gasteiger partial charge is 0.505 e. The summed E-state index contributed by atoms with van der Waals surface area (Å²) in [6.07, 6.45) is 0. The van der Waals surface area contributed by atoms with Crippen molar-refractivity contribution in [2.45, 2.75) is 19.8 Å². The summed E-state index contributed by atoms with van der Waals surface area (Å²) in [5.41, 5.74) is 4.58. The van der Waals surface area contributed by atoms with Crippen molar-refractivity contribution in [3.63, 3.8) is 0 Å². The Morgan fingerprint density at radius 1 is 0.949 bits per heavy atom. The van der Waals surface area contributed by atoms with Gasteiger partial charge in [-0.3, -0.25) is 15.1 Å². The van der Waals surface area contributed by atoms with Gasteiger partial charge in [0.1, 0.15) is 11.6 Å². The van der Waals surface area contributed by atoms with Gasteiger partial charge in [0.2, 0.25) is 0 Å². The van der Waals surface area contributed by atoms with Crippen molar-refractivity contribution < 1.29 is 28.6 Å². The molecule has 5 rings (SSSR count). The molecule has 9 heteroatoms. The average Bonchev–Trinajstić information content (AvgIpc) is 3.19. The Hall–Kier alpha value is -5.05. The van der Waals surface area contributed by atoms with Crippen LogP contribution in [0.2, 0.25) is 0 Å². The molecule has 1 aliphatic rings. The number of phenols is 1. The summed E-state index contributed by atoms with van der Waals surface area (Å²) < 4.78 is 29.2. The van der Waals surface area contributed by atoms with E-state index in [1.807, 2.05) is 26.0 Å². The van der Waals surface area contributed by atoms with Gasteiger partial charge >= 0.3 is 5.97 Å². The fourth-order valence-electron chi connectivity index (χ4n) is 4.46. The van der Waals surface area contributed by atoms with E-state index in [2.05, 4.69) is 10.5 Å². The number of nitrogens with zero attached hydrogens (tertiary/aromatic N) is 2. The summed E-state index contributed by atoms with van der Waals surface area (Å²) in [6.45, 7) is 4.05. The van der Waals surface area contributed by atoms with Gasteiger partial charge < -0.3 is 10.2 Å². The minimum atomic E-state index is -1.11. The first-order chi connectivity index (χ1) is 18.7. The van der Waals surface area contributed by atoms with Crippen LogP contribution >= 0.6 is 0 Å². The molecule has 196 valence electrons. The smallest absolute Gasteiger partial charge is 0.335 e. The van der Waals surface area contributed by atoms with Gasteiger partial charge in [0.25, 0.3) is 5.91 Å². The molecule has 0 fully saturated rings. The van der Waals surface area contributed by atoms with E-state index in [1.54, 1.807) is 36.4 Å². The number of hydrogen-bond donors (Lipinski definition) is 3. The number of carbonyl (C=O) groups is 2. The highest BCUT2D eigenvalue weighted by Gasteiger charge is 2.38. The molecule has 4 aromatic rings. The molecule has 39 heavy (non-hydrogen) atoms. The lowest BCUT2D eigenvalue weighted by Crippen LogP contribution is -2.26. The Kier molecular flexibility index (Phi) is 6.57. The first-order valence-electron chi connectivity index (χ1n) is 12.1. The quantitative estimate of drug-likeness (QED) is 0.192. The highest BCUT2D eigenvalue weighted by Crippen LogP contribution is 2.40. The molecule has 7 nitrogen and oxygen atoms in total. The van der Waals surface area contributed by atoms with E-state index in [0.29, 0.717) is 22.9 Å². The predicted molar refractivity (Wildman–Crippen MR) is 145 cm³/mol. The molecule has 0 bridgehead atoms. The summed E-state index contributed by atoms with van der Waals surface area (Å²) in [6, 6.07) is 19.5. The second kappa shape index (κ2) is 10.0. The number of hydrogen-bond acceptors (Lipinski definition) is 5. The summed E-state index contributed by atoms with van der Waals surface area (Å²) in [5, 5.41) is 24.3. The normalized spacial score (nSPS) is 13.7. The van der Waals surface area contributed by atoms with E-state index in [0.717, 1.165) is 16.5 Å². The number of carboxylic acid groups (broad SMARTS) is 1. The van der Waals surface area contributed by atoms with Crippen LogP contribution in [0.5, 0.6) is 5.75 Å². The summed E-state index contributed by atoms with van der Waals surface area (Å²) in [7, 11) is 0. The molecule has 0 spiro atoms. The maximum atomic E-state index is 15.0. The van der Waals surface area contributed by atoms with Crippen LogP contribution in [0.4, 0.5) is 25.8 Å². The zero-order valence-electron chi connectivity index (χ0n) is 20.9. The molecule has 0 aromatic heterocycles. The molecule has 4 aromatic carbocycles. The minimum absolute atomic E-state index is 0.0391. The number of anilines is 3. The molecule has 0 saturated heterocycles. The van der Waals surface area contributed by atoms with Gasteiger partial charge in [0.05, 0.1) is 16.9 Å². The third-order valence-electron chi connectivity index (χ3n) is 6.48. The number of fused-ring (bicyclic) bond motifs is 1. The number of carboxylic acids is 1. The number of phenolic OH excluding ortho intramolecular Hbond substituents is 1. The van der Waals surface area contributed by atoms with E-state index in [1.165, 1.54) is 18.2 Å². The fourth-order valence-corrected chi connectivity index (χ4v) is 4.46. The highest BCUT2D eigenvalue weighted by atomic mass is 19.1. The van der Waals surface area contributed by atoms with Gasteiger partial charge in [0, 0.05) is 22.9 Å². The summed E-state index contributed by atoms with van der Waals surface area (Å²) >= 11 is 0. The zero-order valence-corrected chi connectivity index (χ0v) is 20.9. The van der Waals surface area contributed by atoms with E-state index in [-0.39, 0.29) is 39.9 Å². The predicted octanol–water partition coefficient (Wildman–Crippen LogP) is 6.65. The zero-order chi connectivity index (χ0) is 27.8. The number of rotatable bonds is 6. The van der Waals surface area contributed by atoms with Gasteiger partial charge in [-0.1, -0.05) is 50.2 Å². The molecule has 0 atom stereocenters. The number of amides is 1. The van der Waals surface area contributed by atoms with Crippen LogP contribution in [0.1, 0.15) is 41.3 Å². The Morgan fingerprint density at radius 3 is 2.36 bits per heavy atom. The fraction of sp³-hybridized carbons (Fsp3) is 0.100. The molecular weight excluding hydrogens is 504 g/mol. The van der Waals surface area contributed by atoms with E-state index >= 15 is 4.39 Å². The number of carbonyl (C=O) groups excluding carboxylic acids is 1. The molecule has 0 radical (unpaired) electrons. The van der Waals surface area contributed by atoms with Crippen molar-refractivity contribution in [3.05, 3.63) is 107 Å². The Labute approximate surface area is 222 Å². The summed E-state index contributed by atoms with van der Waals surface area (Å²) in [5.74, 6) is -3.57. The van der Waals surface area contributed by atoms with Crippen LogP contribution in [0, 0.1) is 11.6 Å². The number of halogens is 2. The number of benzene rings is 4. The van der Waals surface area contributed by atoms with Gasteiger partial charge in [0.15, 0.2) is 11.5 Å². The molecule has 0 saturated carbocycles. The van der Waals surface area contributed by atoms with Crippen LogP contribution in [-0.4, -0.2) is 27.8 Å². The number of aromatic carboxylic acids is 1. The standard InChI is InChI=1S/C30H23F2N3O4/c1-16(2)17-9-11-21(12-10-17)35-27-23(14-20(31)15-24(27)32)26(29(35)37)34-33-25-8-4-7-22(28(25)36)18-5-3-6-19(13-18)30(38)39/h3-16,33,36H,1-2H3,(H,38,39). The molecular formula is C30H23F2N3O4. The lowest BCUT2D eigenvalue weighted by atomic mass is 10.0. The van der Waals surface area contributed by atoms with Crippen molar-refractivity contribution in [1.82, 2.24) is 0 Å². The number of para-hydroxylation sites is 1. The van der Waals surface area contributed by atoms with Crippen LogP contribution in [0.15, 0.2) is 84.0 Å². The molecule has 1 heterocycles. The first-order valence-corrected chi connectivity index (χ1v) is 12.1. The number of nitrogens with one attached hydrogen (secondary N) is 1. The number of aromatic hydroxyl groups is 1. The second-order valence-corrected chi connectivity index (χ2v) is 9.33. The Morgan fingerprint density at radius 2 is 1.67 bits per heavy atom. The lowest BCUT2D eigenvalue weighted by Gasteiger charge is -2.18. The topological polar surface area (TPSA) is 102 Å². The van der Waals surface area contributed by atoms with Gasteiger partial charge in [-0.05, 0) is 53.4 Å². The van der Waals surface area contributed by atoms with Gasteiger partial charge in [-0.2, -0.15) is 5.10 Å². The van der Waals surface area contributed by atoms with Gasteiger partial charge in [-0.15, -0.1) is 0 Å². The SMILES string of the molecule is CC(C)c1ccc(N2C(=O)C(=NNc3cccc(-c4cccc(C(=O)O)c4)c3O)c3cc(F)cc(F)c32)cc1. The number of hydrazone groups is 1. The average molecular weight is 528 g/mol. The first kappa shape index (κ1) is 25.6. The molecule has 0 aliphatic carbocycles. The van der Waals surface area contributed by atoms with Gasteiger partial charge in [-0.25, -0.2) is 13.6 Å². The van der Waals surface area contributed by atoms with E-state index in [4.69, 9.17) is 0 Å². The van der Waals surface area contributed by atoms with Crippen molar-refractivity contribution in [1.29, 1.82) is 0 Å². The van der Waals surface area contributed by atoms with Crippen LogP contribution < -0.4 is 10.3 Å². The van der Waals surface area contributed by atoms with Crippen molar-refractivity contribution in [3.8, 4) is 16.9 Å². The maximum Gasteiger partial charge on any atom is 0.335 e. The highest BCUT2D eigenvalue weighted by molar-refractivity contribution is 6.55. The third-order valence-corrected chi connectivity index (χ3v) is 6.48. The molecule has 0 unspecified atom stereocenters.